The van der Waals surface area contributed by atoms with Crippen molar-refractivity contribution in [2.75, 3.05) is 26.2 Å². The Morgan fingerprint density at radius 1 is 1.10 bits per heavy atom. The van der Waals surface area contributed by atoms with Gasteiger partial charge < -0.3 is 10.1 Å². The lowest BCUT2D eigenvalue weighted by Gasteiger charge is -2.33. The maximum absolute atomic E-state index is 12.8. The molecule has 154 valence electrons. The largest absolute Gasteiger partial charge is 0.493 e. The summed E-state index contributed by atoms with van der Waals surface area (Å²) in [6.07, 6.45) is 3.37. The Kier molecular flexibility index (Phi) is 5.41. The van der Waals surface area contributed by atoms with Crippen LogP contribution in [0.2, 0.25) is 0 Å². The zero-order valence-corrected chi connectivity index (χ0v) is 17.3. The van der Waals surface area contributed by atoms with Crippen molar-refractivity contribution in [3.05, 3.63) is 77.4 Å². The van der Waals surface area contributed by atoms with Gasteiger partial charge in [-0.15, -0.1) is 0 Å². The Hall–Kier alpha value is -2.85. The highest BCUT2D eigenvalue weighted by Gasteiger charge is 2.22. The number of ether oxygens (including phenoxy) is 1. The number of nitrogens with zero attached hydrogens (tertiary/aromatic N) is 1. The number of amides is 1. The molecule has 0 bridgehead atoms. The maximum atomic E-state index is 12.8. The number of carbonyl (C=O) groups excluding carboxylic acids is 1. The molecule has 1 N–H and O–H groups in total. The quantitative estimate of drug-likeness (QED) is 0.689. The number of hydrogen-bond acceptors (Lipinski definition) is 3. The molecule has 1 amide bonds. The lowest BCUT2D eigenvalue weighted by Crippen LogP contribution is -2.40. The summed E-state index contributed by atoms with van der Waals surface area (Å²) in [5.74, 6) is 1.57. The summed E-state index contributed by atoms with van der Waals surface area (Å²) in [6, 6.07) is 20.6. The normalized spacial score (nSPS) is 18.7. The van der Waals surface area contributed by atoms with Crippen LogP contribution in [0.15, 0.2) is 60.7 Å². The summed E-state index contributed by atoms with van der Waals surface area (Å²) in [5, 5.41) is 5.32. The standard InChI is InChI=1S/C26H28N2O2/c29-26(24-9-3-7-21-6-1-2-8-23(21)24)27-16-20-5-4-13-28(18-20)17-19-10-11-25-22(15-19)12-14-30-25/h1-3,6-11,15,20H,4-5,12-14,16-18H2,(H,27,29). The molecule has 3 aromatic carbocycles. The predicted molar refractivity (Wildman–Crippen MR) is 120 cm³/mol. The summed E-state index contributed by atoms with van der Waals surface area (Å²) in [5.41, 5.74) is 3.46. The van der Waals surface area contributed by atoms with Crippen molar-refractivity contribution in [1.29, 1.82) is 0 Å². The molecule has 0 spiro atoms. The molecule has 3 aromatic rings. The molecule has 4 heteroatoms. The first-order valence-electron chi connectivity index (χ1n) is 11.0. The molecular formula is C26H28N2O2. The third-order valence-corrected chi connectivity index (χ3v) is 6.35. The molecule has 4 nitrogen and oxygen atoms in total. The SMILES string of the molecule is O=C(NCC1CCCN(Cc2ccc3c(c2)CCO3)C1)c1cccc2ccccc12. The summed E-state index contributed by atoms with van der Waals surface area (Å²) < 4.78 is 5.62. The highest BCUT2D eigenvalue weighted by atomic mass is 16.5. The summed E-state index contributed by atoms with van der Waals surface area (Å²) >= 11 is 0. The Labute approximate surface area is 177 Å². The number of fused-ring (bicyclic) bond motifs is 2. The summed E-state index contributed by atoms with van der Waals surface area (Å²) in [6.45, 7) is 4.67. The van der Waals surface area contributed by atoms with E-state index in [4.69, 9.17) is 4.74 Å². The van der Waals surface area contributed by atoms with E-state index in [1.807, 2.05) is 30.3 Å². The first-order valence-corrected chi connectivity index (χ1v) is 11.0. The minimum atomic E-state index is 0.0301. The molecule has 0 saturated carbocycles. The van der Waals surface area contributed by atoms with E-state index in [2.05, 4.69) is 40.5 Å². The highest BCUT2D eigenvalue weighted by molar-refractivity contribution is 6.06. The van der Waals surface area contributed by atoms with Gasteiger partial charge in [0.05, 0.1) is 6.61 Å². The lowest BCUT2D eigenvalue weighted by atomic mass is 9.97. The fourth-order valence-electron chi connectivity index (χ4n) is 4.81. The fraction of sp³-hybridized carbons (Fsp3) is 0.346. The van der Waals surface area contributed by atoms with E-state index in [0.29, 0.717) is 5.92 Å². The maximum Gasteiger partial charge on any atom is 0.251 e. The van der Waals surface area contributed by atoms with Gasteiger partial charge >= 0.3 is 0 Å². The van der Waals surface area contributed by atoms with Crippen molar-refractivity contribution in [3.8, 4) is 5.75 Å². The fourth-order valence-corrected chi connectivity index (χ4v) is 4.81. The minimum absolute atomic E-state index is 0.0301. The van der Waals surface area contributed by atoms with Gasteiger partial charge in [0.2, 0.25) is 0 Å². The zero-order valence-electron chi connectivity index (χ0n) is 17.3. The molecule has 2 heterocycles. The summed E-state index contributed by atoms with van der Waals surface area (Å²) in [4.78, 5) is 15.4. The molecule has 30 heavy (non-hydrogen) atoms. The molecule has 1 atom stereocenters. The Balaban J connectivity index is 1.19. The van der Waals surface area contributed by atoms with Crippen LogP contribution in [0.3, 0.4) is 0 Å². The van der Waals surface area contributed by atoms with Gasteiger partial charge in [0.25, 0.3) is 5.91 Å². The van der Waals surface area contributed by atoms with Gasteiger partial charge in [-0.3, -0.25) is 9.69 Å². The van der Waals surface area contributed by atoms with Crippen molar-refractivity contribution in [1.82, 2.24) is 10.2 Å². The highest BCUT2D eigenvalue weighted by Crippen LogP contribution is 2.27. The van der Waals surface area contributed by atoms with Crippen LogP contribution in [0.1, 0.15) is 34.3 Å². The van der Waals surface area contributed by atoms with Gasteiger partial charge in [-0.1, -0.05) is 48.5 Å². The average Bonchev–Trinajstić information content (AvgIpc) is 3.25. The smallest absolute Gasteiger partial charge is 0.251 e. The molecular weight excluding hydrogens is 372 g/mol. The van der Waals surface area contributed by atoms with Crippen LogP contribution in [0.25, 0.3) is 10.8 Å². The number of rotatable bonds is 5. The van der Waals surface area contributed by atoms with Crippen LogP contribution in [-0.2, 0) is 13.0 Å². The van der Waals surface area contributed by atoms with Gasteiger partial charge in [-0.2, -0.15) is 0 Å². The van der Waals surface area contributed by atoms with Crippen molar-refractivity contribution in [2.45, 2.75) is 25.8 Å². The second-order valence-corrected chi connectivity index (χ2v) is 8.52. The molecule has 1 saturated heterocycles. The number of piperidine rings is 1. The number of benzene rings is 3. The average molecular weight is 401 g/mol. The molecule has 1 fully saturated rings. The Morgan fingerprint density at radius 2 is 2.00 bits per heavy atom. The van der Waals surface area contributed by atoms with Gasteiger partial charge in [-0.05, 0) is 59.3 Å². The van der Waals surface area contributed by atoms with Crippen molar-refractivity contribution in [3.63, 3.8) is 0 Å². The molecule has 2 aliphatic heterocycles. The number of hydrogen-bond donors (Lipinski definition) is 1. The van der Waals surface area contributed by atoms with Crippen molar-refractivity contribution in [2.24, 2.45) is 5.92 Å². The molecule has 5 rings (SSSR count). The summed E-state index contributed by atoms with van der Waals surface area (Å²) in [7, 11) is 0. The Morgan fingerprint density at radius 3 is 2.97 bits per heavy atom. The molecule has 0 radical (unpaired) electrons. The van der Waals surface area contributed by atoms with Crippen LogP contribution in [0, 0.1) is 5.92 Å². The van der Waals surface area contributed by atoms with Crippen LogP contribution < -0.4 is 10.1 Å². The second kappa shape index (κ2) is 8.49. The second-order valence-electron chi connectivity index (χ2n) is 8.52. The van der Waals surface area contributed by atoms with E-state index in [1.165, 1.54) is 24.0 Å². The van der Waals surface area contributed by atoms with Crippen LogP contribution in [-0.4, -0.2) is 37.0 Å². The molecule has 1 unspecified atom stereocenters. The topological polar surface area (TPSA) is 41.6 Å². The van der Waals surface area contributed by atoms with Crippen LogP contribution in [0.4, 0.5) is 0 Å². The van der Waals surface area contributed by atoms with E-state index >= 15 is 0 Å². The van der Waals surface area contributed by atoms with E-state index in [0.717, 1.165) is 61.3 Å². The molecule has 0 aromatic heterocycles. The van der Waals surface area contributed by atoms with E-state index in [1.54, 1.807) is 0 Å². The first kappa shape index (κ1) is 19.1. The minimum Gasteiger partial charge on any atom is -0.493 e. The predicted octanol–water partition coefficient (Wildman–Crippen LogP) is 4.42. The lowest BCUT2D eigenvalue weighted by molar-refractivity contribution is 0.0932. The molecule has 2 aliphatic rings. The third-order valence-electron chi connectivity index (χ3n) is 6.35. The number of nitrogens with one attached hydrogen (secondary N) is 1. The van der Waals surface area contributed by atoms with Crippen LogP contribution in [0.5, 0.6) is 5.75 Å². The molecule has 0 aliphatic carbocycles. The van der Waals surface area contributed by atoms with Crippen molar-refractivity contribution < 1.29 is 9.53 Å². The van der Waals surface area contributed by atoms with E-state index < -0.39 is 0 Å². The first-order chi connectivity index (χ1) is 14.8. The van der Waals surface area contributed by atoms with Gasteiger partial charge in [0.15, 0.2) is 0 Å². The van der Waals surface area contributed by atoms with Gasteiger partial charge in [0.1, 0.15) is 5.75 Å². The van der Waals surface area contributed by atoms with Gasteiger partial charge in [-0.25, -0.2) is 0 Å². The Bertz CT molecular complexity index is 1060. The van der Waals surface area contributed by atoms with Gasteiger partial charge in [0, 0.05) is 31.6 Å². The zero-order chi connectivity index (χ0) is 20.3. The van der Waals surface area contributed by atoms with E-state index in [9.17, 15) is 4.79 Å². The van der Waals surface area contributed by atoms with Crippen LogP contribution >= 0.6 is 0 Å². The van der Waals surface area contributed by atoms with E-state index in [-0.39, 0.29) is 5.91 Å². The number of carbonyl (C=O) groups is 1. The van der Waals surface area contributed by atoms with Crippen molar-refractivity contribution >= 4 is 16.7 Å². The number of likely N-dealkylation sites (tertiary alicyclic amines) is 1. The third kappa shape index (κ3) is 4.05. The monoisotopic (exact) mass is 400 g/mol.